The van der Waals surface area contributed by atoms with Crippen molar-refractivity contribution in [1.82, 2.24) is 25.3 Å². The highest BCUT2D eigenvalue weighted by Crippen LogP contribution is 2.38. The van der Waals surface area contributed by atoms with Crippen LogP contribution in [0.4, 0.5) is 5.82 Å². The lowest BCUT2D eigenvalue weighted by Gasteiger charge is -2.33. The Balaban J connectivity index is 0.000000314. The average molecular weight is 445 g/mol. The molecule has 164 valence electrons. The fourth-order valence-electron chi connectivity index (χ4n) is 4.15. The molecular formula is C25H28N6S. The number of piperidine rings is 1. The van der Waals surface area contributed by atoms with Crippen LogP contribution >= 0.6 is 11.3 Å². The highest BCUT2D eigenvalue weighted by molar-refractivity contribution is 7.17. The Morgan fingerprint density at radius 3 is 2.34 bits per heavy atom. The Morgan fingerprint density at radius 2 is 1.69 bits per heavy atom. The minimum Gasteiger partial charge on any atom is -0.356 e. The predicted octanol–water partition coefficient (Wildman–Crippen LogP) is 4.80. The van der Waals surface area contributed by atoms with E-state index in [1.807, 2.05) is 0 Å². The highest BCUT2D eigenvalue weighted by atomic mass is 32.1. The van der Waals surface area contributed by atoms with Crippen molar-refractivity contribution >= 4 is 27.4 Å². The van der Waals surface area contributed by atoms with Gasteiger partial charge in [0.15, 0.2) is 0 Å². The lowest BCUT2D eigenvalue weighted by molar-refractivity contribution is 0.381. The number of nitrogens with zero attached hydrogens (tertiary/aromatic N) is 5. The van der Waals surface area contributed by atoms with E-state index in [1.165, 1.54) is 55.1 Å². The van der Waals surface area contributed by atoms with Crippen LogP contribution in [-0.2, 0) is 0 Å². The second-order valence-corrected chi connectivity index (χ2v) is 9.27. The van der Waals surface area contributed by atoms with Gasteiger partial charge in [-0.05, 0) is 49.8 Å². The standard InChI is InChI=1S/C21H24N4S.C4H4N2/c1-2-4-16(5-3-1)18-13-26-21-19(18)20(23-14-24-21)25-10-8-15(9-11-25)12-22-17-6-7-17;1-2-5-4-6-3-1/h1-5,13-15,17,22H,6-12H2;1-4H. The van der Waals surface area contributed by atoms with E-state index >= 15 is 0 Å². The van der Waals surface area contributed by atoms with Gasteiger partial charge in [-0.1, -0.05) is 30.3 Å². The minimum atomic E-state index is 0.806. The third-order valence-electron chi connectivity index (χ3n) is 6.10. The van der Waals surface area contributed by atoms with Crippen LogP contribution in [0, 0.1) is 5.92 Å². The maximum absolute atomic E-state index is 4.70. The molecule has 1 aliphatic heterocycles. The van der Waals surface area contributed by atoms with Gasteiger partial charge in [-0.15, -0.1) is 11.3 Å². The van der Waals surface area contributed by atoms with Crippen molar-refractivity contribution in [1.29, 1.82) is 0 Å². The van der Waals surface area contributed by atoms with Crippen molar-refractivity contribution in [2.75, 3.05) is 24.5 Å². The molecule has 4 heterocycles. The summed E-state index contributed by atoms with van der Waals surface area (Å²) >= 11 is 1.72. The van der Waals surface area contributed by atoms with Gasteiger partial charge in [0.1, 0.15) is 23.3 Å². The molecule has 3 aromatic heterocycles. The Bertz CT molecular complexity index is 1080. The molecule has 32 heavy (non-hydrogen) atoms. The second-order valence-electron chi connectivity index (χ2n) is 8.41. The normalized spacial score (nSPS) is 16.6. The van der Waals surface area contributed by atoms with E-state index in [4.69, 9.17) is 4.98 Å². The van der Waals surface area contributed by atoms with Gasteiger partial charge in [0.05, 0.1) is 5.39 Å². The smallest absolute Gasteiger partial charge is 0.141 e. The number of rotatable bonds is 5. The minimum absolute atomic E-state index is 0.806. The summed E-state index contributed by atoms with van der Waals surface area (Å²) in [6.07, 6.45) is 11.8. The van der Waals surface area contributed by atoms with Crippen LogP contribution in [0.5, 0.6) is 0 Å². The van der Waals surface area contributed by atoms with E-state index in [0.29, 0.717) is 0 Å². The number of hydrogen-bond acceptors (Lipinski definition) is 7. The number of fused-ring (bicyclic) bond motifs is 1. The largest absolute Gasteiger partial charge is 0.356 e. The Labute approximate surface area is 192 Å². The van der Waals surface area contributed by atoms with Gasteiger partial charge >= 0.3 is 0 Å². The molecule has 0 unspecified atom stereocenters. The van der Waals surface area contributed by atoms with Gasteiger partial charge in [0, 0.05) is 42.5 Å². The summed E-state index contributed by atoms with van der Waals surface area (Å²) in [5.41, 5.74) is 2.51. The Kier molecular flexibility index (Phi) is 6.65. The molecule has 0 radical (unpaired) electrons. The molecule has 1 aromatic carbocycles. The maximum Gasteiger partial charge on any atom is 0.141 e. The van der Waals surface area contributed by atoms with Crippen LogP contribution in [0.1, 0.15) is 25.7 Å². The fourth-order valence-corrected chi connectivity index (χ4v) is 5.06. The van der Waals surface area contributed by atoms with Crippen molar-refractivity contribution < 1.29 is 0 Å². The van der Waals surface area contributed by atoms with Crippen LogP contribution < -0.4 is 10.2 Å². The zero-order valence-electron chi connectivity index (χ0n) is 18.1. The van der Waals surface area contributed by atoms with Gasteiger partial charge in [-0.25, -0.2) is 19.9 Å². The highest BCUT2D eigenvalue weighted by Gasteiger charge is 2.26. The lowest BCUT2D eigenvalue weighted by atomic mass is 9.96. The van der Waals surface area contributed by atoms with E-state index in [2.05, 4.69) is 60.9 Å². The molecule has 0 amide bonds. The fraction of sp³-hybridized carbons (Fsp3) is 0.360. The molecule has 1 aliphatic carbocycles. The zero-order chi connectivity index (χ0) is 21.6. The molecule has 6 rings (SSSR count). The topological polar surface area (TPSA) is 66.8 Å². The van der Waals surface area contributed by atoms with E-state index in [1.54, 1.807) is 36.1 Å². The molecule has 1 saturated heterocycles. The van der Waals surface area contributed by atoms with Crippen LogP contribution in [0.15, 0.2) is 66.8 Å². The summed E-state index contributed by atoms with van der Waals surface area (Å²) in [6, 6.07) is 13.2. The Hall–Kier alpha value is -2.90. The molecule has 2 fully saturated rings. The summed E-state index contributed by atoms with van der Waals surface area (Å²) in [7, 11) is 0. The molecular weight excluding hydrogens is 416 g/mol. The van der Waals surface area contributed by atoms with Crippen molar-refractivity contribution in [3.05, 3.63) is 66.8 Å². The Morgan fingerprint density at radius 1 is 0.906 bits per heavy atom. The van der Waals surface area contributed by atoms with E-state index in [9.17, 15) is 0 Å². The quantitative estimate of drug-likeness (QED) is 0.477. The van der Waals surface area contributed by atoms with Crippen LogP contribution in [0.3, 0.4) is 0 Å². The number of aromatic nitrogens is 4. The number of thiophene rings is 1. The first-order valence-corrected chi connectivity index (χ1v) is 12.2. The van der Waals surface area contributed by atoms with E-state index in [0.717, 1.165) is 35.7 Å². The SMILES string of the molecule is c1ccc(-c2csc3ncnc(N4CCC(CNC5CC5)CC4)c23)cc1.c1cncnc1. The number of anilines is 1. The van der Waals surface area contributed by atoms with Crippen molar-refractivity contribution in [2.24, 2.45) is 5.92 Å². The predicted molar refractivity (Wildman–Crippen MR) is 131 cm³/mol. The summed E-state index contributed by atoms with van der Waals surface area (Å²) in [5.74, 6) is 1.92. The first-order chi connectivity index (χ1) is 15.9. The molecule has 0 atom stereocenters. The molecule has 4 aromatic rings. The molecule has 1 N–H and O–H groups in total. The summed E-state index contributed by atoms with van der Waals surface area (Å²) < 4.78 is 0. The third kappa shape index (κ3) is 5.11. The molecule has 7 heteroatoms. The number of nitrogens with one attached hydrogen (secondary N) is 1. The van der Waals surface area contributed by atoms with Gasteiger partial charge in [0.2, 0.25) is 0 Å². The van der Waals surface area contributed by atoms with Gasteiger partial charge < -0.3 is 10.2 Å². The monoisotopic (exact) mass is 444 g/mol. The number of hydrogen-bond donors (Lipinski definition) is 1. The first kappa shape index (κ1) is 21.0. The maximum atomic E-state index is 4.70. The van der Waals surface area contributed by atoms with Crippen molar-refractivity contribution in [3.8, 4) is 11.1 Å². The van der Waals surface area contributed by atoms with Crippen LogP contribution in [0.2, 0.25) is 0 Å². The van der Waals surface area contributed by atoms with Gasteiger partial charge in [-0.2, -0.15) is 0 Å². The molecule has 0 spiro atoms. The molecule has 1 saturated carbocycles. The van der Waals surface area contributed by atoms with Gasteiger partial charge in [0.25, 0.3) is 0 Å². The van der Waals surface area contributed by atoms with Crippen molar-refractivity contribution in [3.63, 3.8) is 0 Å². The summed E-state index contributed by atoms with van der Waals surface area (Å²) in [5, 5.41) is 7.14. The lowest BCUT2D eigenvalue weighted by Crippen LogP contribution is -2.38. The third-order valence-corrected chi connectivity index (χ3v) is 6.99. The summed E-state index contributed by atoms with van der Waals surface area (Å²) in [4.78, 5) is 20.1. The second kappa shape index (κ2) is 10.1. The first-order valence-electron chi connectivity index (χ1n) is 11.3. The van der Waals surface area contributed by atoms with Gasteiger partial charge in [-0.3, -0.25) is 0 Å². The van der Waals surface area contributed by atoms with E-state index < -0.39 is 0 Å². The molecule has 2 aliphatic rings. The summed E-state index contributed by atoms with van der Waals surface area (Å²) in [6.45, 7) is 3.37. The van der Waals surface area contributed by atoms with Crippen LogP contribution in [0.25, 0.3) is 21.3 Å². The van der Waals surface area contributed by atoms with E-state index in [-0.39, 0.29) is 0 Å². The van der Waals surface area contributed by atoms with Crippen LogP contribution in [-0.4, -0.2) is 45.6 Å². The molecule has 6 nitrogen and oxygen atoms in total. The number of benzene rings is 1. The molecule has 0 bridgehead atoms. The zero-order valence-corrected chi connectivity index (χ0v) is 18.9. The van der Waals surface area contributed by atoms with Crippen molar-refractivity contribution in [2.45, 2.75) is 31.7 Å². The average Bonchev–Trinajstić information content (AvgIpc) is 3.61.